The Bertz CT molecular complexity index is 501. The summed E-state index contributed by atoms with van der Waals surface area (Å²) in [5, 5.41) is 12.8. The SMILES string of the molecule is C=C(NC1CCN(c2cccnn2)C1)SC(N)=NC(C)C. The van der Waals surface area contributed by atoms with Crippen LogP contribution in [0.4, 0.5) is 5.82 Å². The average Bonchev–Trinajstić information content (AvgIpc) is 2.86. The molecule has 114 valence electrons. The lowest BCUT2D eigenvalue weighted by atomic mass is 10.3. The number of nitrogens with two attached hydrogens (primary N) is 1. The largest absolute Gasteiger partial charge is 0.378 e. The van der Waals surface area contributed by atoms with Crippen molar-refractivity contribution in [2.75, 3.05) is 18.0 Å². The Morgan fingerprint density at radius 2 is 2.43 bits per heavy atom. The van der Waals surface area contributed by atoms with Crippen molar-refractivity contribution in [2.24, 2.45) is 10.7 Å². The van der Waals surface area contributed by atoms with E-state index in [2.05, 4.69) is 32.0 Å². The summed E-state index contributed by atoms with van der Waals surface area (Å²) in [5.74, 6) is 0.918. The molecule has 0 radical (unpaired) electrons. The number of aliphatic imine (C=N–C) groups is 1. The summed E-state index contributed by atoms with van der Waals surface area (Å²) >= 11 is 1.39. The molecule has 21 heavy (non-hydrogen) atoms. The van der Waals surface area contributed by atoms with Crippen LogP contribution in [0.25, 0.3) is 0 Å². The molecule has 6 nitrogen and oxygen atoms in total. The second kappa shape index (κ2) is 7.31. The normalized spacial score (nSPS) is 19.1. The van der Waals surface area contributed by atoms with E-state index < -0.39 is 0 Å². The van der Waals surface area contributed by atoms with Gasteiger partial charge in [-0.1, -0.05) is 6.58 Å². The number of thioether (sulfide) groups is 1. The van der Waals surface area contributed by atoms with Gasteiger partial charge in [-0.25, -0.2) is 0 Å². The van der Waals surface area contributed by atoms with Crippen LogP contribution in [-0.2, 0) is 0 Å². The number of nitrogens with one attached hydrogen (secondary N) is 1. The Kier molecular flexibility index (Phi) is 5.44. The number of rotatable bonds is 5. The van der Waals surface area contributed by atoms with E-state index in [4.69, 9.17) is 5.73 Å². The van der Waals surface area contributed by atoms with E-state index >= 15 is 0 Å². The van der Waals surface area contributed by atoms with Gasteiger partial charge in [0.1, 0.15) is 0 Å². The van der Waals surface area contributed by atoms with Crippen molar-refractivity contribution >= 4 is 22.7 Å². The molecule has 1 atom stereocenters. The van der Waals surface area contributed by atoms with Crippen LogP contribution in [0.15, 0.2) is 34.9 Å². The molecule has 0 spiro atoms. The highest BCUT2D eigenvalue weighted by Gasteiger charge is 2.23. The zero-order chi connectivity index (χ0) is 15.2. The molecule has 1 aliphatic heterocycles. The topological polar surface area (TPSA) is 79.4 Å². The van der Waals surface area contributed by atoms with Crippen molar-refractivity contribution in [3.8, 4) is 0 Å². The van der Waals surface area contributed by atoms with Crippen LogP contribution in [-0.4, -0.2) is 40.5 Å². The van der Waals surface area contributed by atoms with Gasteiger partial charge < -0.3 is 16.0 Å². The van der Waals surface area contributed by atoms with Gasteiger partial charge in [-0.05, 0) is 44.2 Å². The minimum Gasteiger partial charge on any atom is -0.378 e. The molecular weight excluding hydrogens is 284 g/mol. The molecule has 1 aromatic heterocycles. The monoisotopic (exact) mass is 306 g/mol. The summed E-state index contributed by atoms with van der Waals surface area (Å²) in [6.07, 6.45) is 2.72. The van der Waals surface area contributed by atoms with E-state index in [1.54, 1.807) is 6.20 Å². The number of hydrogen-bond donors (Lipinski definition) is 2. The first-order chi connectivity index (χ1) is 10.0. The molecule has 7 heteroatoms. The lowest BCUT2D eigenvalue weighted by Crippen LogP contribution is -2.32. The molecule has 0 bridgehead atoms. The molecule has 1 saturated heterocycles. The van der Waals surface area contributed by atoms with Gasteiger partial charge in [0.25, 0.3) is 0 Å². The zero-order valence-corrected chi connectivity index (χ0v) is 13.3. The molecular formula is C14H22N6S. The fourth-order valence-corrected chi connectivity index (χ4v) is 2.95. The summed E-state index contributed by atoms with van der Waals surface area (Å²) < 4.78 is 0. The molecule has 1 aromatic rings. The lowest BCUT2D eigenvalue weighted by molar-refractivity contribution is 0.639. The van der Waals surface area contributed by atoms with Crippen molar-refractivity contribution < 1.29 is 0 Å². The highest BCUT2D eigenvalue weighted by Crippen LogP contribution is 2.19. The quantitative estimate of drug-likeness (QED) is 0.635. The lowest BCUT2D eigenvalue weighted by Gasteiger charge is -2.18. The van der Waals surface area contributed by atoms with Gasteiger partial charge in [-0.15, -0.1) is 5.10 Å². The predicted octanol–water partition coefficient (Wildman–Crippen LogP) is 1.57. The van der Waals surface area contributed by atoms with Crippen LogP contribution < -0.4 is 16.0 Å². The Morgan fingerprint density at radius 3 is 3.10 bits per heavy atom. The van der Waals surface area contributed by atoms with Crippen molar-refractivity contribution in [3.05, 3.63) is 29.9 Å². The molecule has 0 amide bonds. The Morgan fingerprint density at radius 1 is 1.62 bits per heavy atom. The molecule has 1 aliphatic rings. The Balaban J connectivity index is 1.81. The first-order valence-corrected chi connectivity index (χ1v) is 7.85. The van der Waals surface area contributed by atoms with Crippen LogP contribution in [0.2, 0.25) is 0 Å². The standard InChI is InChI=1S/C14H22N6S/c1-10(2)17-14(15)21-11(3)18-12-6-8-20(9-12)13-5-4-7-16-19-13/h4-5,7,10,12,18H,3,6,8-9H2,1-2H3,(H2,15,17). The van der Waals surface area contributed by atoms with E-state index in [0.717, 1.165) is 30.4 Å². The highest BCUT2D eigenvalue weighted by atomic mass is 32.2. The molecule has 0 aliphatic carbocycles. The summed E-state index contributed by atoms with van der Waals surface area (Å²) in [4.78, 5) is 6.50. The smallest absolute Gasteiger partial charge is 0.160 e. The second-order valence-corrected chi connectivity index (χ2v) is 6.36. The number of hydrogen-bond acceptors (Lipinski definition) is 6. The summed E-state index contributed by atoms with van der Waals surface area (Å²) in [6, 6.07) is 4.43. The fourth-order valence-electron chi connectivity index (χ4n) is 2.21. The van der Waals surface area contributed by atoms with Crippen LogP contribution in [0.5, 0.6) is 0 Å². The number of aromatic nitrogens is 2. The van der Waals surface area contributed by atoms with Gasteiger partial charge >= 0.3 is 0 Å². The van der Waals surface area contributed by atoms with Gasteiger partial charge in [-0.2, -0.15) is 5.10 Å². The van der Waals surface area contributed by atoms with Gasteiger partial charge in [0.05, 0.1) is 5.03 Å². The van der Waals surface area contributed by atoms with Crippen molar-refractivity contribution in [3.63, 3.8) is 0 Å². The molecule has 0 aromatic carbocycles. The number of nitrogens with zero attached hydrogens (tertiary/aromatic N) is 4. The molecule has 0 saturated carbocycles. The maximum absolute atomic E-state index is 5.85. The highest BCUT2D eigenvalue weighted by molar-refractivity contribution is 8.17. The maximum atomic E-state index is 5.85. The van der Waals surface area contributed by atoms with E-state index in [9.17, 15) is 0 Å². The first-order valence-electron chi connectivity index (χ1n) is 7.04. The summed E-state index contributed by atoms with van der Waals surface area (Å²) in [7, 11) is 0. The van der Waals surface area contributed by atoms with E-state index in [0.29, 0.717) is 11.2 Å². The first kappa shape index (κ1) is 15.6. The van der Waals surface area contributed by atoms with Crippen LogP contribution >= 0.6 is 11.8 Å². The van der Waals surface area contributed by atoms with E-state index in [1.807, 2.05) is 26.0 Å². The third-order valence-corrected chi connectivity index (χ3v) is 3.73. The third-order valence-electron chi connectivity index (χ3n) is 3.05. The molecule has 3 N–H and O–H groups in total. The summed E-state index contributed by atoms with van der Waals surface area (Å²) in [6.45, 7) is 9.86. The van der Waals surface area contributed by atoms with Gasteiger partial charge in [-0.3, -0.25) is 4.99 Å². The zero-order valence-electron chi connectivity index (χ0n) is 12.5. The van der Waals surface area contributed by atoms with Crippen LogP contribution in [0, 0.1) is 0 Å². The molecule has 1 fully saturated rings. The van der Waals surface area contributed by atoms with Gasteiger partial charge in [0, 0.05) is 31.4 Å². The van der Waals surface area contributed by atoms with E-state index in [1.165, 1.54) is 11.8 Å². The Hall–Kier alpha value is -1.76. The van der Waals surface area contributed by atoms with Crippen molar-refractivity contribution in [1.29, 1.82) is 0 Å². The van der Waals surface area contributed by atoms with E-state index in [-0.39, 0.29) is 6.04 Å². The van der Waals surface area contributed by atoms with Crippen LogP contribution in [0.3, 0.4) is 0 Å². The number of anilines is 1. The second-order valence-electron chi connectivity index (χ2n) is 5.24. The van der Waals surface area contributed by atoms with Crippen molar-refractivity contribution in [2.45, 2.75) is 32.4 Å². The molecule has 1 unspecified atom stereocenters. The predicted molar refractivity (Wildman–Crippen MR) is 89.3 cm³/mol. The maximum Gasteiger partial charge on any atom is 0.160 e. The Labute approximate surface area is 129 Å². The minimum absolute atomic E-state index is 0.198. The molecule has 2 rings (SSSR count). The average molecular weight is 306 g/mol. The van der Waals surface area contributed by atoms with Crippen LogP contribution in [0.1, 0.15) is 20.3 Å². The minimum atomic E-state index is 0.198. The van der Waals surface area contributed by atoms with Gasteiger partial charge in [0.15, 0.2) is 11.0 Å². The fraction of sp³-hybridized carbons (Fsp3) is 0.500. The summed E-state index contributed by atoms with van der Waals surface area (Å²) in [5.41, 5.74) is 5.85. The third kappa shape index (κ3) is 4.93. The molecule has 2 heterocycles. The van der Waals surface area contributed by atoms with Crippen molar-refractivity contribution in [1.82, 2.24) is 15.5 Å². The number of amidine groups is 1. The van der Waals surface area contributed by atoms with Gasteiger partial charge in [0.2, 0.25) is 0 Å².